The van der Waals surface area contributed by atoms with Crippen molar-refractivity contribution in [1.29, 1.82) is 0 Å². The van der Waals surface area contributed by atoms with Crippen molar-refractivity contribution in [1.82, 2.24) is 15.1 Å². The van der Waals surface area contributed by atoms with Crippen LogP contribution in [0, 0.1) is 0 Å². The Morgan fingerprint density at radius 1 is 1.77 bits per heavy atom. The molecule has 1 saturated heterocycles. The number of aryl methyl sites for hydroxylation is 1. The summed E-state index contributed by atoms with van der Waals surface area (Å²) in [4.78, 5) is 0. The molecule has 1 aliphatic heterocycles. The largest absolute Gasteiger partial charge is 0.472 e. The number of rotatable bonds is 3. The van der Waals surface area contributed by atoms with Gasteiger partial charge in [-0.05, 0) is 19.9 Å². The van der Waals surface area contributed by atoms with Crippen LogP contribution in [0.4, 0.5) is 0 Å². The molecule has 1 fully saturated rings. The highest BCUT2D eigenvalue weighted by atomic mass is 16.5. The Balaban J connectivity index is 1.92. The molecule has 72 valence electrons. The summed E-state index contributed by atoms with van der Waals surface area (Å²) in [5.74, 6) is 0.746. The van der Waals surface area contributed by atoms with Crippen LogP contribution in [0.3, 0.4) is 0 Å². The van der Waals surface area contributed by atoms with E-state index < -0.39 is 0 Å². The SMILES string of the molecule is CCn1ccc(OC2CCNC2)n1. The summed E-state index contributed by atoms with van der Waals surface area (Å²) in [6.45, 7) is 4.96. The Morgan fingerprint density at radius 2 is 2.69 bits per heavy atom. The lowest BCUT2D eigenvalue weighted by atomic mass is 10.3. The van der Waals surface area contributed by atoms with Crippen molar-refractivity contribution < 1.29 is 4.74 Å². The smallest absolute Gasteiger partial charge is 0.233 e. The first-order valence-electron chi connectivity index (χ1n) is 4.79. The zero-order valence-electron chi connectivity index (χ0n) is 7.86. The molecule has 0 amide bonds. The van der Waals surface area contributed by atoms with Crippen molar-refractivity contribution in [2.75, 3.05) is 13.1 Å². The molecule has 1 unspecified atom stereocenters. The number of nitrogens with one attached hydrogen (secondary N) is 1. The Kier molecular flexibility index (Phi) is 2.49. The van der Waals surface area contributed by atoms with E-state index in [2.05, 4.69) is 17.3 Å². The molecule has 1 atom stereocenters. The van der Waals surface area contributed by atoms with E-state index in [1.165, 1.54) is 0 Å². The maximum absolute atomic E-state index is 5.66. The van der Waals surface area contributed by atoms with Gasteiger partial charge in [0.1, 0.15) is 6.10 Å². The summed E-state index contributed by atoms with van der Waals surface area (Å²) in [6, 6.07) is 1.92. The topological polar surface area (TPSA) is 39.1 Å². The van der Waals surface area contributed by atoms with E-state index >= 15 is 0 Å². The number of aromatic nitrogens is 2. The fraction of sp³-hybridized carbons (Fsp3) is 0.667. The number of nitrogens with zero attached hydrogens (tertiary/aromatic N) is 2. The van der Waals surface area contributed by atoms with Gasteiger partial charge in [-0.1, -0.05) is 0 Å². The molecule has 2 heterocycles. The highest BCUT2D eigenvalue weighted by molar-refractivity contribution is 5.06. The standard InChI is InChI=1S/C9H15N3O/c1-2-12-6-4-9(11-12)13-8-3-5-10-7-8/h4,6,8,10H,2-3,5,7H2,1H3. The average molecular weight is 181 g/mol. The molecule has 1 aromatic heterocycles. The molecule has 13 heavy (non-hydrogen) atoms. The minimum absolute atomic E-state index is 0.306. The maximum Gasteiger partial charge on any atom is 0.233 e. The van der Waals surface area contributed by atoms with Gasteiger partial charge in [-0.2, -0.15) is 0 Å². The van der Waals surface area contributed by atoms with E-state index in [0.717, 1.165) is 31.9 Å². The van der Waals surface area contributed by atoms with Gasteiger partial charge in [0.2, 0.25) is 5.88 Å². The third kappa shape index (κ3) is 2.01. The summed E-state index contributed by atoms with van der Waals surface area (Å²) < 4.78 is 7.54. The fourth-order valence-electron chi connectivity index (χ4n) is 1.48. The van der Waals surface area contributed by atoms with Crippen LogP contribution in [0.2, 0.25) is 0 Å². The predicted molar refractivity (Wildman–Crippen MR) is 49.8 cm³/mol. The Hall–Kier alpha value is -1.03. The second-order valence-corrected chi connectivity index (χ2v) is 3.24. The third-order valence-electron chi connectivity index (χ3n) is 2.24. The van der Waals surface area contributed by atoms with Crippen LogP contribution in [0.15, 0.2) is 12.3 Å². The molecule has 0 spiro atoms. The zero-order valence-corrected chi connectivity index (χ0v) is 7.86. The van der Waals surface area contributed by atoms with E-state index in [0.29, 0.717) is 6.10 Å². The van der Waals surface area contributed by atoms with Crippen molar-refractivity contribution in [2.45, 2.75) is 26.0 Å². The quantitative estimate of drug-likeness (QED) is 0.744. The molecule has 0 bridgehead atoms. The van der Waals surface area contributed by atoms with Crippen LogP contribution in [0.1, 0.15) is 13.3 Å². The van der Waals surface area contributed by atoms with Gasteiger partial charge in [-0.25, -0.2) is 0 Å². The number of ether oxygens (including phenoxy) is 1. The lowest BCUT2D eigenvalue weighted by Gasteiger charge is -2.08. The average Bonchev–Trinajstić information content (AvgIpc) is 2.76. The first-order valence-corrected chi connectivity index (χ1v) is 4.79. The van der Waals surface area contributed by atoms with Gasteiger partial charge in [0.25, 0.3) is 0 Å². The highest BCUT2D eigenvalue weighted by Gasteiger charge is 2.16. The van der Waals surface area contributed by atoms with Crippen molar-refractivity contribution in [2.24, 2.45) is 0 Å². The molecule has 0 radical (unpaired) electrons. The van der Waals surface area contributed by atoms with E-state index in [-0.39, 0.29) is 0 Å². The second kappa shape index (κ2) is 3.79. The number of hydrogen-bond acceptors (Lipinski definition) is 3. The van der Waals surface area contributed by atoms with Crippen LogP contribution >= 0.6 is 0 Å². The molecule has 0 aromatic carbocycles. The molecule has 1 N–H and O–H groups in total. The first-order chi connectivity index (χ1) is 6.38. The Labute approximate surface area is 77.9 Å². The van der Waals surface area contributed by atoms with Gasteiger partial charge in [-0.15, -0.1) is 5.10 Å². The van der Waals surface area contributed by atoms with Gasteiger partial charge in [0.05, 0.1) is 0 Å². The first kappa shape index (κ1) is 8.56. The van der Waals surface area contributed by atoms with Crippen molar-refractivity contribution >= 4 is 0 Å². The Bertz CT molecular complexity index is 266. The fourth-order valence-corrected chi connectivity index (χ4v) is 1.48. The minimum atomic E-state index is 0.306. The van der Waals surface area contributed by atoms with Crippen molar-refractivity contribution in [3.05, 3.63) is 12.3 Å². The summed E-state index contributed by atoms with van der Waals surface area (Å²) in [7, 11) is 0. The van der Waals surface area contributed by atoms with Gasteiger partial charge >= 0.3 is 0 Å². The highest BCUT2D eigenvalue weighted by Crippen LogP contribution is 2.11. The van der Waals surface area contributed by atoms with E-state index in [1.807, 2.05) is 16.9 Å². The molecule has 4 heteroatoms. The lowest BCUT2D eigenvalue weighted by molar-refractivity contribution is 0.212. The summed E-state index contributed by atoms with van der Waals surface area (Å²) >= 11 is 0. The van der Waals surface area contributed by atoms with Crippen LogP contribution in [-0.2, 0) is 6.54 Å². The summed E-state index contributed by atoms with van der Waals surface area (Å²) in [6.07, 6.45) is 3.33. The van der Waals surface area contributed by atoms with Crippen LogP contribution in [0.25, 0.3) is 0 Å². The van der Waals surface area contributed by atoms with E-state index in [9.17, 15) is 0 Å². The molecule has 0 aliphatic carbocycles. The van der Waals surface area contributed by atoms with Crippen LogP contribution in [-0.4, -0.2) is 29.0 Å². The normalized spacial score (nSPS) is 22.1. The van der Waals surface area contributed by atoms with Gasteiger partial charge in [0, 0.05) is 25.4 Å². The zero-order chi connectivity index (χ0) is 9.10. The van der Waals surface area contributed by atoms with Crippen molar-refractivity contribution in [3.8, 4) is 5.88 Å². The van der Waals surface area contributed by atoms with Gasteiger partial charge in [0.15, 0.2) is 0 Å². The van der Waals surface area contributed by atoms with Crippen molar-refractivity contribution in [3.63, 3.8) is 0 Å². The monoisotopic (exact) mass is 181 g/mol. The summed E-state index contributed by atoms with van der Waals surface area (Å²) in [5.41, 5.74) is 0. The maximum atomic E-state index is 5.66. The van der Waals surface area contributed by atoms with Crippen LogP contribution in [0.5, 0.6) is 5.88 Å². The molecule has 1 aliphatic rings. The second-order valence-electron chi connectivity index (χ2n) is 3.24. The van der Waals surface area contributed by atoms with Gasteiger partial charge in [-0.3, -0.25) is 4.68 Å². The van der Waals surface area contributed by atoms with E-state index in [1.54, 1.807) is 0 Å². The lowest BCUT2D eigenvalue weighted by Crippen LogP contribution is -2.19. The van der Waals surface area contributed by atoms with Gasteiger partial charge < -0.3 is 10.1 Å². The molecular formula is C9H15N3O. The molecular weight excluding hydrogens is 166 g/mol. The molecule has 2 rings (SSSR count). The van der Waals surface area contributed by atoms with Crippen LogP contribution < -0.4 is 10.1 Å². The Morgan fingerprint density at radius 3 is 3.31 bits per heavy atom. The minimum Gasteiger partial charge on any atom is -0.472 e. The predicted octanol–water partition coefficient (Wildman–Crippen LogP) is 0.644. The molecule has 4 nitrogen and oxygen atoms in total. The molecule has 1 aromatic rings. The third-order valence-corrected chi connectivity index (χ3v) is 2.24. The number of hydrogen-bond donors (Lipinski definition) is 1. The summed E-state index contributed by atoms with van der Waals surface area (Å²) in [5, 5.41) is 7.51. The molecule has 0 saturated carbocycles. The van der Waals surface area contributed by atoms with E-state index in [4.69, 9.17) is 4.74 Å².